The van der Waals surface area contributed by atoms with Gasteiger partial charge in [0.25, 0.3) is 0 Å². The van der Waals surface area contributed by atoms with E-state index in [0.717, 1.165) is 6.04 Å². The molecule has 2 heteroatoms. The van der Waals surface area contributed by atoms with Gasteiger partial charge in [-0.05, 0) is 31.9 Å². The van der Waals surface area contributed by atoms with E-state index >= 15 is 0 Å². The third kappa shape index (κ3) is 3.16. The van der Waals surface area contributed by atoms with Gasteiger partial charge in [0.05, 0.1) is 0 Å². The molecule has 84 valence electrons. The highest BCUT2D eigenvalue weighted by Gasteiger charge is 2.35. The molecular weight excluding hydrogens is 190 g/mol. The van der Waals surface area contributed by atoms with Crippen molar-refractivity contribution < 1.29 is 0 Å². The van der Waals surface area contributed by atoms with E-state index in [-0.39, 0.29) is 0 Å². The summed E-state index contributed by atoms with van der Waals surface area (Å²) in [5.74, 6) is 0. The molecule has 1 saturated carbocycles. The van der Waals surface area contributed by atoms with Crippen molar-refractivity contribution in [1.82, 2.24) is 5.32 Å². The first-order valence-corrected chi connectivity index (χ1v) is 7.27. The van der Waals surface area contributed by atoms with Crippen LogP contribution in [0.4, 0.5) is 0 Å². The zero-order chi connectivity index (χ0) is 10.4. The van der Waals surface area contributed by atoms with E-state index < -0.39 is 0 Å². The smallest absolute Gasteiger partial charge is 0.0281 e. The molecule has 0 aromatic carbocycles. The monoisotopic (exact) mass is 215 g/mol. The first-order valence-electron chi connectivity index (χ1n) is 6.05. The molecule has 1 aliphatic rings. The van der Waals surface area contributed by atoms with Gasteiger partial charge in [0.15, 0.2) is 0 Å². The average Bonchev–Trinajstić information content (AvgIpc) is 2.15. The van der Waals surface area contributed by atoms with E-state index in [1.54, 1.807) is 0 Å². The quantitative estimate of drug-likeness (QED) is 0.698. The minimum absolute atomic E-state index is 0.598. The molecule has 0 aromatic heterocycles. The molecule has 1 atom stereocenters. The Morgan fingerprint density at radius 2 is 2.07 bits per heavy atom. The third-order valence-electron chi connectivity index (χ3n) is 3.54. The first-order chi connectivity index (χ1) is 6.76. The van der Waals surface area contributed by atoms with Gasteiger partial charge in [-0.3, -0.25) is 0 Å². The van der Waals surface area contributed by atoms with Gasteiger partial charge in [-0.15, -0.1) is 0 Å². The molecule has 0 spiro atoms. The fourth-order valence-corrected chi connectivity index (χ4v) is 3.08. The molecule has 0 aliphatic heterocycles. The van der Waals surface area contributed by atoms with Crippen LogP contribution in [0.25, 0.3) is 0 Å². The van der Waals surface area contributed by atoms with Gasteiger partial charge in [-0.25, -0.2) is 0 Å². The highest BCUT2D eigenvalue weighted by Crippen LogP contribution is 2.42. The van der Waals surface area contributed by atoms with Crippen molar-refractivity contribution in [3.05, 3.63) is 0 Å². The Kier molecular flexibility index (Phi) is 5.32. The number of hydrogen-bond acceptors (Lipinski definition) is 2. The number of hydrogen-bond donors (Lipinski definition) is 1. The van der Waals surface area contributed by atoms with Crippen LogP contribution in [0.15, 0.2) is 0 Å². The van der Waals surface area contributed by atoms with Crippen molar-refractivity contribution in [1.29, 1.82) is 0 Å². The Morgan fingerprint density at radius 1 is 1.36 bits per heavy atom. The Hall–Kier alpha value is 0.310. The van der Waals surface area contributed by atoms with Crippen LogP contribution >= 0.6 is 11.8 Å². The van der Waals surface area contributed by atoms with Gasteiger partial charge < -0.3 is 5.32 Å². The molecule has 0 heterocycles. The van der Waals surface area contributed by atoms with Gasteiger partial charge in [0, 0.05) is 17.3 Å². The van der Waals surface area contributed by atoms with Crippen LogP contribution in [-0.4, -0.2) is 23.6 Å². The lowest BCUT2D eigenvalue weighted by atomic mass is 9.84. The van der Waals surface area contributed by atoms with Crippen molar-refractivity contribution in [2.45, 2.75) is 63.2 Å². The minimum Gasteiger partial charge on any atom is -0.313 e. The van der Waals surface area contributed by atoms with Gasteiger partial charge in [-0.1, -0.05) is 26.7 Å². The number of nitrogens with one attached hydrogen (secondary N) is 1. The first kappa shape index (κ1) is 12.4. The summed E-state index contributed by atoms with van der Waals surface area (Å²) in [5, 5.41) is 3.74. The molecule has 0 bridgehead atoms. The zero-order valence-corrected chi connectivity index (χ0v) is 10.8. The molecule has 1 aliphatic carbocycles. The average molecular weight is 215 g/mol. The lowest BCUT2D eigenvalue weighted by molar-refractivity contribution is 0.321. The standard InChI is InChI=1S/C12H25NS/c1-4-7-11(5-2)13-10-12(14-3)8-6-9-12/h11,13H,4-10H2,1-3H3. The summed E-state index contributed by atoms with van der Waals surface area (Å²) >= 11 is 2.07. The molecule has 1 N–H and O–H groups in total. The molecule has 0 amide bonds. The lowest BCUT2D eigenvalue weighted by Crippen LogP contribution is -2.46. The topological polar surface area (TPSA) is 12.0 Å². The van der Waals surface area contributed by atoms with E-state index in [0.29, 0.717) is 4.75 Å². The zero-order valence-electron chi connectivity index (χ0n) is 9.94. The van der Waals surface area contributed by atoms with Crippen LogP contribution in [0.2, 0.25) is 0 Å². The highest BCUT2D eigenvalue weighted by molar-refractivity contribution is 8.00. The number of rotatable bonds is 7. The van der Waals surface area contributed by atoms with Crippen molar-refractivity contribution in [2.24, 2.45) is 0 Å². The van der Waals surface area contributed by atoms with E-state index in [9.17, 15) is 0 Å². The SMILES string of the molecule is CCCC(CC)NCC1(SC)CCC1. The molecule has 1 unspecified atom stereocenters. The lowest BCUT2D eigenvalue weighted by Gasteiger charge is -2.41. The molecule has 14 heavy (non-hydrogen) atoms. The molecule has 0 saturated heterocycles. The van der Waals surface area contributed by atoms with Gasteiger partial charge in [-0.2, -0.15) is 11.8 Å². The van der Waals surface area contributed by atoms with Crippen LogP contribution < -0.4 is 5.32 Å². The maximum Gasteiger partial charge on any atom is 0.0281 e. The van der Waals surface area contributed by atoms with E-state index in [2.05, 4.69) is 37.2 Å². The van der Waals surface area contributed by atoms with Crippen molar-refractivity contribution in [3.8, 4) is 0 Å². The summed E-state index contributed by atoms with van der Waals surface area (Å²) in [6.45, 7) is 5.80. The normalized spacial score (nSPS) is 21.6. The molecule has 0 aromatic rings. The third-order valence-corrected chi connectivity index (χ3v) is 4.96. The predicted octanol–water partition coefficient (Wildman–Crippen LogP) is 3.44. The fraction of sp³-hybridized carbons (Fsp3) is 1.00. The highest BCUT2D eigenvalue weighted by atomic mass is 32.2. The van der Waals surface area contributed by atoms with Gasteiger partial charge in [0.2, 0.25) is 0 Å². The van der Waals surface area contributed by atoms with Crippen LogP contribution in [0.5, 0.6) is 0 Å². The molecule has 1 rings (SSSR count). The second-order valence-electron chi connectivity index (χ2n) is 4.52. The van der Waals surface area contributed by atoms with Crippen LogP contribution in [0.1, 0.15) is 52.4 Å². The van der Waals surface area contributed by atoms with Crippen LogP contribution in [-0.2, 0) is 0 Å². The van der Waals surface area contributed by atoms with Crippen molar-refractivity contribution in [3.63, 3.8) is 0 Å². The largest absolute Gasteiger partial charge is 0.313 e. The van der Waals surface area contributed by atoms with E-state index in [4.69, 9.17) is 0 Å². The molecule has 1 fully saturated rings. The maximum absolute atomic E-state index is 3.74. The fourth-order valence-electron chi connectivity index (χ4n) is 2.15. The Labute approximate surface area is 93.4 Å². The van der Waals surface area contributed by atoms with E-state index in [1.807, 2.05) is 0 Å². The van der Waals surface area contributed by atoms with Crippen LogP contribution in [0.3, 0.4) is 0 Å². The summed E-state index contributed by atoms with van der Waals surface area (Å²) in [5.41, 5.74) is 0. The predicted molar refractivity (Wildman–Crippen MR) is 67.1 cm³/mol. The molecule has 0 radical (unpaired) electrons. The van der Waals surface area contributed by atoms with Gasteiger partial charge >= 0.3 is 0 Å². The van der Waals surface area contributed by atoms with Crippen LogP contribution in [0, 0.1) is 0 Å². The van der Waals surface area contributed by atoms with Crippen molar-refractivity contribution >= 4 is 11.8 Å². The summed E-state index contributed by atoms with van der Waals surface area (Å²) in [6.07, 6.45) is 10.5. The summed E-state index contributed by atoms with van der Waals surface area (Å²) in [4.78, 5) is 0. The second kappa shape index (κ2) is 6.02. The Morgan fingerprint density at radius 3 is 2.43 bits per heavy atom. The summed E-state index contributed by atoms with van der Waals surface area (Å²) in [7, 11) is 0. The summed E-state index contributed by atoms with van der Waals surface area (Å²) in [6, 6.07) is 0.754. The Balaban J connectivity index is 2.22. The second-order valence-corrected chi connectivity index (χ2v) is 5.79. The Bertz CT molecular complexity index is 149. The molecule has 1 nitrogen and oxygen atoms in total. The number of thioether (sulfide) groups is 1. The van der Waals surface area contributed by atoms with Gasteiger partial charge in [0.1, 0.15) is 0 Å². The van der Waals surface area contributed by atoms with E-state index in [1.165, 1.54) is 45.1 Å². The summed E-state index contributed by atoms with van der Waals surface area (Å²) < 4.78 is 0.598. The van der Waals surface area contributed by atoms with Crippen molar-refractivity contribution in [2.75, 3.05) is 12.8 Å². The maximum atomic E-state index is 3.74. The molecular formula is C12H25NS. The minimum atomic E-state index is 0.598.